The highest BCUT2D eigenvalue weighted by Gasteiger charge is 2.35. The number of carbonyl (C=O) groups is 1. The molecule has 0 radical (unpaired) electrons. The molecule has 0 heterocycles. The Kier molecular flexibility index (Phi) is 3.93. The van der Waals surface area contributed by atoms with E-state index in [0.717, 1.165) is 6.54 Å². The topological polar surface area (TPSA) is 55.1 Å². The molecule has 0 aromatic heterocycles. The highest BCUT2D eigenvalue weighted by Crippen LogP contribution is 2.39. The van der Waals surface area contributed by atoms with Crippen molar-refractivity contribution >= 4 is 5.91 Å². The van der Waals surface area contributed by atoms with Crippen molar-refractivity contribution in [1.29, 1.82) is 0 Å². The molecule has 1 aliphatic rings. The molecule has 1 fully saturated rings. The fraction of sp³-hybridized carbons (Fsp3) is 0.909. The molecule has 3 heteroatoms. The Morgan fingerprint density at radius 3 is 2.50 bits per heavy atom. The Labute approximate surface area is 86.4 Å². The third-order valence-electron chi connectivity index (χ3n) is 3.10. The van der Waals surface area contributed by atoms with E-state index in [9.17, 15) is 4.79 Å². The number of amides is 1. The molecule has 1 saturated carbocycles. The van der Waals surface area contributed by atoms with Crippen LogP contribution in [0.1, 0.15) is 39.5 Å². The molecule has 82 valence electrons. The lowest BCUT2D eigenvalue weighted by molar-refractivity contribution is -0.122. The second-order valence-corrected chi connectivity index (χ2v) is 4.93. The Bertz CT molecular complexity index is 192. The maximum atomic E-state index is 11.4. The summed E-state index contributed by atoms with van der Waals surface area (Å²) in [4.78, 5) is 11.4. The second-order valence-electron chi connectivity index (χ2n) is 4.93. The summed E-state index contributed by atoms with van der Waals surface area (Å²) in [5.74, 6) is 0.602. The van der Waals surface area contributed by atoms with E-state index in [1.54, 1.807) is 0 Å². The fourth-order valence-corrected chi connectivity index (χ4v) is 1.86. The Morgan fingerprint density at radius 1 is 1.50 bits per heavy atom. The van der Waals surface area contributed by atoms with E-state index in [2.05, 4.69) is 19.2 Å². The van der Waals surface area contributed by atoms with Gasteiger partial charge in [-0.25, -0.2) is 0 Å². The van der Waals surface area contributed by atoms with Gasteiger partial charge in [-0.2, -0.15) is 0 Å². The Balaban J connectivity index is 2.22. The minimum Gasteiger partial charge on any atom is -0.355 e. The zero-order valence-corrected chi connectivity index (χ0v) is 9.31. The largest absolute Gasteiger partial charge is 0.355 e. The van der Waals surface area contributed by atoms with Crippen LogP contribution < -0.4 is 11.1 Å². The van der Waals surface area contributed by atoms with Gasteiger partial charge in [0.1, 0.15) is 0 Å². The SMILES string of the molecule is CC(C)CC(=O)NCC1(CN)CCC1. The first-order valence-corrected chi connectivity index (χ1v) is 5.55. The first-order chi connectivity index (χ1) is 6.58. The van der Waals surface area contributed by atoms with Crippen LogP contribution in [0.25, 0.3) is 0 Å². The molecule has 0 aromatic rings. The normalized spacial score (nSPS) is 19.1. The van der Waals surface area contributed by atoms with Gasteiger partial charge in [0.2, 0.25) is 5.91 Å². The van der Waals surface area contributed by atoms with Crippen LogP contribution in [0.3, 0.4) is 0 Å². The van der Waals surface area contributed by atoms with Crippen molar-refractivity contribution in [2.24, 2.45) is 17.1 Å². The number of carbonyl (C=O) groups excluding carboxylic acids is 1. The first kappa shape index (κ1) is 11.5. The van der Waals surface area contributed by atoms with E-state index in [-0.39, 0.29) is 11.3 Å². The predicted octanol–water partition coefficient (Wildman–Crippen LogP) is 1.28. The molecular weight excluding hydrogens is 176 g/mol. The summed E-state index contributed by atoms with van der Waals surface area (Å²) in [5.41, 5.74) is 5.93. The molecule has 0 bridgehead atoms. The highest BCUT2D eigenvalue weighted by molar-refractivity contribution is 5.76. The van der Waals surface area contributed by atoms with Crippen molar-refractivity contribution in [3.63, 3.8) is 0 Å². The van der Waals surface area contributed by atoms with Crippen molar-refractivity contribution in [3.8, 4) is 0 Å². The zero-order chi connectivity index (χ0) is 10.6. The van der Waals surface area contributed by atoms with Crippen molar-refractivity contribution in [2.45, 2.75) is 39.5 Å². The average Bonchev–Trinajstić information content (AvgIpc) is 2.01. The third kappa shape index (κ3) is 2.98. The lowest BCUT2D eigenvalue weighted by atomic mass is 9.69. The van der Waals surface area contributed by atoms with E-state index in [1.165, 1.54) is 19.3 Å². The van der Waals surface area contributed by atoms with Gasteiger partial charge in [-0.3, -0.25) is 4.79 Å². The highest BCUT2D eigenvalue weighted by atomic mass is 16.1. The van der Waals surface area contributed by atoms with Gasteiger partial charge in [0.05, 0.1) is 0 Å². The zero-order valence-electron chi connectivity index (χ0n) is 9.31. The second kappa shape index (κ2) is 4.78. The number of nitrogens with one attached hydrogen (secondary N) is 1. The average molecular weight is 198 g/mol. The van der Waals surface area contributed by atoms with Crippen LogP contribution in [-0.4, -0.2) is 19.0 Å². The molecule has 1 rings (SSSR count). The summed E-state index contributed by atoms with van der Waals surface area (Å²) in [7, 11) is 0. The summed E-state index contributed by atoms with van der Waals surface area (Å²) < 4.78 is 0. The Morgan fingerprint density at radius 2 is 2.14 bits per heavy atom. The molecule has 14 heavy (non-hydrogen) atoms. The van der Waals surface area contributed by atoms with E-state index in [4.69, 9.17) is 5.73 Å². The summed E-state index contributed by atoms with van der Waals surface area (Å²) >= 11 is 0. The van der Waals surface area contributed by atoms with Crippen molar-refractivity contribution in [2.75, 3.05) is 13.1 Å². The number of nitrogens with two attached hydrogens (primary N) is 1. The van der Waals surface area contributed by atoms with Crippen LogP contribution >= 0.6 is 0 Å². The van der Waals surface area contributed by atoms with E-state index in [1.807, 2.05) is 0 Å². The van der Waals surface area contributed by atoms with Gasteiger partial charge in [0.15, 0.2) is 0 Å². The summed E-state index contributed by atoms with van der Waals surface area (Å²) in [6, 6.07) is 0. The molecule has 1 amide bonds. The van der Waals surface area contributed by atoms with Crippen LogP contribution in [0.5, 0.6) is 0 Å². The molecule has 3 nitrogen and oxygen atoms in total. The molecule has 1 aliphatic carbocycles. The lowest BCUT2D eigenvalue weighted by Gasteiger charge is -2.41. The monoisotopic (exact) mass is 198 g/mol. The number of hydrogen-bond acceptors (Lipinski definition) is 2. The maximum Gasteiger partial charge on any atom is 0.220 e. The predicted molar refractivity (Wildman–Crippen MR) is 57.8 cm³/mol. The molecule has 0 spiro atoms. The van der Waals surface area contributed by atoms with Crippen LogP contribution in [0.15, 0.2) is 0 Å². The maximum absolute atomic E-state index is 11.4. The number of rotatable bonds is 5. The van der Waals surface area contributed by atoms with Crippen molar-refractivity contribution < 1.29 is 4.79 Å². The summed E-state index contributed by atoms with van der Waals surface area (Å²) in [6.45, 7) is 5.59. The van der Waals surface area contributed by atoms with E-state index < -0.39 is 0 Å². The summed E-state index contributed by atoms with van der Waals surface area (Å²) in [6.07, 6.45) is 4.23. The van der Waals surface area contributed by atoms with Crippen LogP contribution in [0.2, 0.25) is 0 Å². The summed E-state index contributed by atoms with van der Waals surface area (Å²) in [5, 5.41) is 2.99. The quantitative estimate of drug-likeness (QED) is 0.699. The van der Waals surface area contributed by atoms with Gasteiger partial charge >= 0.3 is 0 Å². The minimum absolute atomic E-state index is 0.166. The van der Waals surface area contributed by atoms with Gasteiger partial charge in [-0.1, -0.05) is 20.3 Å². The first-order valence-electron chi connectivity index (χ1n) is 5.55. The molecule has 0 aliphatic heterocycles. The van der Waals surface area contributed by atoms with Gasteiger partial charge in [-0.15, -0.1) is 0 Å². The van der Waals surface area contributed by atoms with E-state index >= 15 is 0 Å². The smallest absolute Gasteiger partial charge is 0.220 e. The van der Waals surface area contributed by atoms with Crippen LogP contribution in [-0.2, 0) is 4.79 Å². The van der Waals surface area contributed by atoms with Crippen molar-refractivity contribution in [3.05, 3.63) is 0 Å². The van der Waals surface area contributed by atoms with Crippen LogP contribution in [0.4, 0.5) is 0 Å². The van der Waals surface area contributed by atoms with Crippen molar-refractivity contribution in [1.82, 2.24) is 5.32 Å². The molecule has 0 atom stereocenters. The molecular formula is C11H22N2O. The number of hydrogen-bond donors (Lipinski definition) is 2. The molecule has 0 saturated heterocycles. The minimum atomic E-state index is 0.166. The van der Waals surface area contributed by atoms with E-state index in [0.29, 0.717) is 18.9 Å². The molecule has 0 unspecified atom stereocenters. The Hall–Kier alpha value is -0.570. The third-order valence-corrected chi connectivity index (χ3v) is 3.10. The molecule has 3 N–H and O–H groups in total. The molecule has 0 aromatic carbocycles. The van der Waals surface area contributed by atoms with Crippen LogP contribution in [0, 0.1) is 11.3 Å². The van der Waals surface area contributed by atoms with Gasteiger partial charge in [0.25, 0.3) is 0 Å². The van der Waals surface area contributed by atoms with Gasteiger partial charge < -0.3 is 11.1 Å². The lowest BCUT2D eigenvalue weighted by Crippen LogP contribution is -2.47. The van der Waals surface area contributed by atoms with Gasteiger partial charge in [-0.05, 0) is 30.7 Å². The fourth-order valence-electron chi connectivity index (χ4n) is 1.86. The van der Waals surface area contributed by atoms with Gasteiger partial charge in [0, 0.05) is 13.0 Å². The standard InChI is InChI=1S/C11H22N2O/c1-9(2)6-10(14)13-8-11(7-12)4-3-5-11/h9H,3-8,12H2,1-2H3,(H,13,14).